The average Bonchev–Trinajstić information content (AvgIpc) is 2.47. The Kier molecular flexibility index (Phi) is 5.36. The molecule has 2 N–H and O–H groups in total. The minimum absolute atomic E-state index is 0.291. The van der Waals surface area contributed by atoms with Gasteiger partial charge in [-0.05, 0) is 36.3 Å². The number of methoxy groups -OCH3 is 1. The lowest BCUT2D eigenvalue weighted by Crippen LogP contribution is -2.45. The van der Waals surface area contributed by atoms with Crippen molar-refractivity contribution >= 4 is 39.2 Å². The fraction of sp³-hybridized carbons (Fsp3) is 0.333. The number of carbonyl (C=O) groups excluding carboxylic acids is 1. The van der Waals surface area contributed by atoms with Gasteiger partial charge in [0.2, 0.25) is 0 Å². The monoisotopic (exact) mass is 368 g/mol. The summed E-state index contributed by atoms with van der Waals surface area (Å²) in [5, 5.41) is 6.76. The van der Waals surface area contributed by atoms with Gasteiger partial charge in [0.25, 0.3) is 0 Å². The SMILES string of the molecule is CCCC1=C(C(=O)OC)C(c2ccc(Br)cc2)NC(=S)N1. The fourth-order valence-electron chi connectivity index (χ4n) is 2.32. The van der Waals surface area contributed by atoms with E-state index in [1.807, 2.05) is 24.3 Å². The second kappa shape index (κ2) is 7.04. The number of esters is 1. The highest BCUT2D eigenvalue weighted by atomic mass is 79.9. The molecule has 0 amide bonds. The van der Waals surface area contributed by atoms with Crippen LogP contribution >= 0.6 is 28.1 Å². The van der Waals surface area contributed by atoms with Crippen molar-refractivity contribution in [2.75, 3.05) is 7.11 Å². The molecular formula is C15H17BrN2O2S. The molecule has 1 aliphatic rings. The molecule has 1 aromatic rings. The normalized spacial score (nSPS) is 18.0. The van der Waals surface area contributed by atoms with E-state index in [2.05, 4.69) is 33.5 Å². The van der Waals surface area contributed by atoms with Crippen LogP contribution < -0.4 is 10.6 Å². The van der Waals surface area contributed by atoms with Crippen LogP contribution in [0.3, 0.4) is 0 Å². The van der Waals surface area contributed by atoms with Gasteiger partial charge in [0.15, 0.2) is 5.11 Å². The van der Waals surface area contributed by atoms with Gasteiger partial charge in [-0.25, -0.2) is 4.79 Å². The largest absolute Gasteiger partial charge is 0.466 e. The van der Waals surface area contributed by atoms with E-state index in [4.69, 9.17) is 17.0 Å². The van der Waals surface area contributed by atoms with E-state index in [1.165, 1.54) is 7.11 Å². The standard InChI is InChI=1S/C15H17BrN2O2S/c1-3-4-11-12(14(19)20-2)13(18-15(21)17-11)9-5-7-10(16)8-6-9/h5-8,13H,3-4H2,1-2H3,(H2,17,18,21). The number of hydrogen-bond acceptors (Lipinski definition) is 3. The third kappa shape index (κ3) is 3.63. The van der Waals surface area contributed by atoms with Gasteiger partial charge in [-0.15, -0.1) is 0 Å². The number of halogens is 1. The molecule has 0 radical (unpaired) electrons. The molecule has 4 nitrogen and oxygen atoms in total. The predicted molar refractivity (Wildman–Crippen MR) is 89.7 cm³/mol. The Bertz CT molecular complexity index is 584. The second-order valence-electron chi connectivity index (χ2n) is 4.72. The van der Waals surface area contributed by atoms with E-state index < -0.39 is 0 Å². The summed E-state index contributed by atoms with van der Waals surface area (Å²) >= 11 is 8.67. The highest BCUT2D eigenvalue weighted by molar-refractivity contribution is 9.10. The Morgan fingerprint density at radius 1 is 1.38 bits per heavy atom. The lowest BCUT2D eigenvalue weighted by atomic mass is 9.94. The Morgan fingerprint density at radius 2 is 2.05 bits per heavy atom. The summed E-state index contributed by atoms with van der Waals surface area (Å²) in [6.45, 7) is 2.06. The van der Waals surface area contributed by atoms with Crippen molar-refractivity contribution in [2.45, 2.75) is 25.8 Å². The van der Waals surface area contributed by atoms with E-state index in [9.17, 15) is 4.79 Å². The molecule has 0 saturated heterocycles. The predicted octanol–water partition coefficient (Wildman–Crippen LogP) is 3.20. The van der Waals surface area contributed by atoms with E-state index in [-0.39, 0.29) is 12.0 Å². The van der Waals surface area contributed by atoms with Crippen LogP contribution in [0.5, 0.6) is 0 Å². The van der Waals surface area contributed by atoms with Crippen molar-refractivity contribution in [1.29, 1.82) is 0 Å². The van der Waals surface area contributed by atoms with Crippen molar-refractivity contribution in [3.63, 3.8) is 0 Å². The number of ether oxygens (including phenoxy) is 1. The van der Waals surface area contributed by atoms with Crippen LogP contribution in [0.4, 0.5) is 0 Å². The van der Waals surface area contributed by atoms with Crippen LogP contribution in [0.1, 0.15) is 31.4 Å². The molecule has 0 fully saturated rings. The molecule has 1 heterocycles. The zero-order chi connectivity index (χ0) is 15.4. The van der Waals surface area contributed by atoms with Crippen LogP contribution in [0.2, 0.25) is 0 Å². The van der Waals surface area contributed by atoms with Crippen LogP contribution in [-0.2, 0) is 9.53 Å². The molecule has 1 aromatic carbocycles. The highest BCUT2D eigenvalue weighted by Gasteiger charge is 2.31. The van der Waals surface area contributed by atoms with Crippen molar-refractivity contribution in [1.82, 2.24) is 10.6 Å². The molecule has 1 unspecified atom stereocenters. The maximum atomic E-state index is 12.2. The Morgan fingerprint density at radius 3 is 2.62 bits per heavy atom. The number of carbonyl (C=O) groups is 1. The van der Waals surface area contributed by atoms with Gasteiger partial charge in [0, 0.05) is 10.2 Å². The molecule has 1 atom stereocenters. The van der Waals surface area contributed by atoms with Gasteiger partial charge in [-0.1, -0.05) is 41.4 Å². The summed E-state index contributed by atoms with van der Waals surface area (Å²) in [5.74, 6) is -0.339. The van der Waals surface area contributed by atoms with Gasteiger partial charge < -0.3 is 15.4 Å². The van der Waals surface area contributed by atoms with E-state index >= 15 is 0 Å². The Balaban J connectivity index is 2.49. The van der Waals surface area contributed by atoms with Crippen LogP contribution in [0.25, 0.3) is 0 Å². The third-order valence-corrected chi connectivity index (χ3v) is 4.01. The molecule has 0 bridgehead atoms. The third-order valence-electron chi connectivity index (χ3n) is 3.26. The van der Waals surface area contributed by atoms with Gasteiger partial charge in [-0.3, -0.25) is 0 Å². The minimum Gasteiger partial charge on any atom is -0.466 e. The summed E-state index contributed by atoms with van der Waals surface area (Å²) in [4.78, 5) is 12.2. The first kappa shape index (κ1) is 16.0. The number of thiocarbonyl (C=S) groups is 1. The number of nitrogens with one attached hydrogen (secondary N) is 2. The second-order valence-corrected chi connectivity index (χ2v) is 6.04. The zero-order valence-corrected chi connectivity index (χ0v) is 14.3. The molecule has 0 aromatic heterocycles. The maximum absolute atomic E-state index is 12.2. The van der Waals surface area contributed by atoms with Crippen LogP contribution in [0, 0.1) is 0 Å². The van der Waals surface area contributed by atoms with Crippen LogP contribution in [0.15, 0.2) is 40.0 Å². The first-order valence-corrected chi connectivity index (χ1v) is 7.91. The summed E-state index contributed by atoms with van der Waals surface area (Å²) in [5.41, 5.74) is 2.40. The molecule has 1 aliphatic heterocycles. The van der Waals surface area contributed by atoms with E-state index in [0.29, 0.717) is 10.7 Å². The number of rotatable bonds is 4. The number of allylic oxidation sites excluding steroid dienone is 1. The van der Waals surface area contributed by atoms with Gasteiger partial charge in [0.05, 0.1) is 18.7 Å². The van der Waals surface area contributed by atoms with Crippen molar-refractivity contribution in [2.24, 2.45) is 0 Å². The maximum Gasteiger partial charge on any atom is 0.337 e. The summed E-state index contributed by atoms with van der Waals surface area (Å²) in [6.07, 6.45) is 1.66. The van der Waals surface area contributed by atoms with E-state index in [0.717, 1.165) is 28.6 Å². The molecule has 21 heavy (non-hydrogen) atoms. The summed E-state index contributed by atoms with van der Waals surface area (Å²) in [6, 6.07) is 7.51. The molecule has 2 rings (SSSR count). The topological polar surface area (TPSA) is 50.4 Å². The minimum atomic E-state index is -0.339. The summed E-state index contributed by atoms with van der Waals surface area (Å²) in [7, 11) is 1.39. The molecular weight excluding hydrogens is 352 g/mol. The van der Waals surface area contributed by atoms with Crippen molar-refractivity contribution in [3.8, 4) is 0 Å². The smallest absolute Gasteiger partial charge is 0.337 e. The van der Waals surface area contributed by atoms with Crippen LogP contribution in [-0.4, -0.2) is 18.2 Å². The molecule has 112 valence electrons. The van der Waals surface area contributed by atoms with Gasteiger partial charge >= 0.3 is 5.97 Å². The zero-order valence-electron chi connectivity index (χ0n) is 11.9. The Labute approximate surface area is 138 Å². The Hall–Kier alpha value is -1.40. The lowest BCUT2D eigenvalue weighted by Gasteiger charge is -2.30. The first-order valence-electron chi connectivity index (χ1n) is 6.71. The lowest BCUT2D eigenvalue weighted by molar-refractivity contribution is -0.136. The molecule has 6 heteroatoms. The highest BCUT2D eigenvalue weighted by Crippen LogP contribution is 2.29. The average molecular weight is 369 g/mol. The fourth-order valence-corrected chi connectivity index (χ4v) is 2.83. The number of benzene rings is 1. The first-order chi connectivity index (χ1) is 10.1. The summed E-state index contributed by atoms with van der Waals surface area (Å²) < 4.78 is 5.93. The number of hydrogen-bond donors (Lipinski definition) is 2. The quantitative estimate of drug-likeness (QED) is 0.631. The van der Waals surface area contributed by atoms with Crippen molar-refractivity contribution in [3.05, 3.63) is 45.6 Å². The van der Waals surface area contributed by atoms with Gasteiger partial charge in [0.1, 0.15) is 0 Å². The molecule has 0 saturated carbocycles. The van der Waals surface area contributed by atoms with E-state index in [1.54, 1.807) is 0 Å². The van der Waals surface area contributed by atoms with Gasteiger partial charge in [-0.2, -0.15) is 0 Å². The molecule has 0 aliphatic carbocycles. The molecule has 0 spiro atoms. The van der Waals surface area contributed by atoms with Crippen molar-refractivity contribution < 1.29 is 9.53 Å².